The molecule has 3 heterocycles. The summed E-state index contributed by atoms with van der Waals surface area (Å²) in [6.45, 7) is 0. The maximum atomic E-state index is 11.8. The van der Waals surface area contributed by atoms with Gasteiger partial charge in [0.1, 0.15) is 0 Å². The lowest BCUT2D eigenvalue weighted by Gasteiger charge is -2.12. The molecule has 0 aliphatic carbocycles. The van der Waals surface area contributed by atoms with Crippen LogP contribution in [0.25, 0.3) is 28.0 Å². The molecule has 4 aromatic rings. The highest BCUT2D eigenvalue weighted by Gasteiger charge is 2.11. The molecular formula is C18H17N7O. The number of urea groups is 1. The molecule has 2 N–H and O–H groups in total. The normalized spacial score (nSPS) is 10.8. The van der Waals surface area contributed by atoms with E-state index in [9.17, 15) is 4.79 Å². The third kappa shape index (κ3) is 2.88. The molecule has 0 atom stereocenters. The fourth-order valence-electron chi connectivity index (χ4n) is 2.63. The zero-order chi connectivity index (χ0) is 18.1. The number of benzene rings is 1. The van der Waals surface area contributed by atoms with E-state index in [4.69, 9.17) is 0 Å². The van der Waals surface area contributed by atoms with Gasteiger partial charge in [0, 0.05) is 42.7 Å². The van der Waals surface area contributed by atoms with Crippen LogP contribution in [0.5, 0.6) is 0 Å². The number of H-pyrrole nitrogens is 1. The van der Waals surface area contributed by atoms with Gasteiger partial charge in [0.15, 0.2) is 5.65 Å². The largest absolute Gasteiger partial charge is 0.331 e. The van der Waals surface area contributed by atoms with Gasteiger partial charge in [-0.15, -0.1) is 0 Å². The molecule has 0 bridgehead atoms. The van der Waals surface area contributed by atoms with Gasteiger partial charge in [-0.25, -0.2) is 14.3 Å². The van der Waals surface area contributed by atoms with Crippen LogP contribution in [0.15, 0.2) is 55.1 Å². The third-order valence-electron chi connectivity index (χ3n) is 4.01. The number of fused-ring (bicyclic) bond motifs is 1. The molecular weight excluding hydrogens is 330 g/mol. The molecule has 0 aliphatic heterocycles. The summed E-state index contributed by atoms with van der Waals surface area (Å²) in [6.07, 6.45) is 7.11. The van der Waals surface area contributed by atoms with Crippen LogP contribution in [0.4, 0.5) is 10.5 Å². The Morgan fingerprint density at radius 3 is 2.77 bits per heavy atom. The maximum absolute atomic E-state index is 11.8. The van der Waals surface area contributed by atoms with Crippen LogP contribution < -0.4 is 5.32 Å². The van der Waals surface area contributed by atoms with Gasteiger partial charge >= 0.3 is 6.03 Å². The van der Waals surface area contributed by atoms with Crippen molar-refractivity contribution in [2.45, 2.75) is 0 Å². The van der Waals surface area contributed by atoms with Crippen LogP contribution >= 0.6 is 0 Å². The number of rotatable bonds is 3. The van der Waals surface area contributed by atoms with Crippen molar-refractivity contribution in [1.29, 1.82) is 0 Å². The number of amides is 2. The summed E-state index contributed by atoms with van der Waals surface area (Å²) in [5, 5.41) is 14.1. The first-order chi connectivity index (χ1) is 12.6. The monoisotopic (exact) mass is 347 g/mol. The van der Waals surface area contributed by atoms with Gasteiger partial charge in [-0.05, 0) is 18.2 Å². The highest BCUT2D eigenvalue weighted by molar-refractivity contribution is 5.89. The summed E-state index contributed by atoms with van der Waals surface area (Å²) in [6, 6.07) is 9.37. The fraction of sp³-hybridized carbons (Fsp3) is 0.111. The summed E-state index contributed by atoms with van der Waals surface area (Å²) < 4.78 is 1.77. The minimum atomic E-state index is -0.178. The number of nitrogens with one attached hydrogen (secondary N) is 2. The number of anilines is 1. The summed E-state index contributed by atoms with van der Waals surface area (Å²) in [5.74, 6) is 0. The van der Waals surface area contributed by atoms with Crippen LogP contribution in [0.2, 0.25) is 0 Å². The van der Waals surface area contributed by atoms with E-state index in [2.05, 4.69) is 25.6 Å². The van der Waals surface area contributed by atoms with Gasteiger partial charge in [0.2, 0.25) is 0 Å². The summed E-state index contributed by atoms with van der Waals surface area (Å²) >= 11 is 0. The zero-order valence-corrected chi connectivity index (χ0v) is 14.3. The maximum Gasteiger partial charge on any atom is 0.321 e. The lowest BCUT2D eigenvalue weighted by Crippen LogP contribution is -2.27. The smallest absolute Gasteiger partial charge is 0.321 e. The Balaban J connectivity index is 1.70. The molecule has 0 fully saturated rings. The average Bonchev–Trinajstić information content (AvgIpc) is 3.31. The highest BCUT2D eigenvalue weighted by Crippen LogP contribution is 2.25. The Morgan fingerprint density at radius 1 is 1.12 bits per heavy atom. The number of aromatic amines is 1. The Bertz CT molecular complexity index is 1070. The van der Waals surface area contributed by atoms with Crippen LogP contribution in [0, 0.1) is 0 Å². The molecule has 0 radical (unpaired) electrons. The van der Waals surface area contributed by atoms with E-state index in [0.29, 0.717) is 5.69 Å². The number of aromatic nitrogens is 5. The molecule has 3 aromatic heterocycles. The first-order valence-corrected chi connectivity index (χ1v) is 8.03. The number of hydrogen-bond acceptors (Lipinski definition) is 4. The van der Waals surface area contributed by atoms with Crippen LogP contribution in [0.1, 0.15) is 0 Å². The standard InChI is InChI=1S/C18H17N7O/c1-24(2)18(26)23-15-5-3-4-12(6-15)16-11-19-17-7-13(10-22-25(16)17)14-8-20-21-9-14/h3-11H,1-2H3,(H,20,21)(H,23,26). The molecule has 0 saturated carbocycles. The van der Waals surface area contributed by atoms with Gasteiger partial charge in [-0.2, -0.15) is 10.2 Å². The average molecular weight is 347 g/mol. The zero-order valence-electron chi connectivity index (χ0n) is 14.3. The van der Waals surface area contributed by atoms with Crippen molar-refractivity contribution in [3.63, 3.8) is 0 Å². The molecule has 8 nitrogen and oxygen atoms in total. The van der Waals surface area contributed by atoms with E-state index in [1.165, 1.54) is 4.90 Å². The number of imidazole rings is 1. The summed E-state index contributed by atoms with van der Waals surface area (Å²) in [7, 11) is 3.40. The third-order valence-corrected chi connectivity index (χ3v) is 4.01. The molecule has 0 spiro atoms. The second kappa shape index (κ2) is 6.32. The van der Waals surface area contributed by atoms with E-state index >= 15 is 0 Å². The highest BCUT2D eigenvalue weighted by atomic mass is 16.2. The van der Waals surface area contributed by atoms with E-state index in [1.807, 2.05) is 36.5 Å². The number of carbonyl (C=O) groups excluding carboxylic acids is 1. The van der Waals surface area contributed by atoms with Gasteiger partial charge in [0.25, 0.3) is 0 Å². The Hall–Kier alpha value is -3.68. The van der Waals surface area contributed by atoms with Gasteiger partial charge in [0.05, 0.1) is 24.3 Å². The van der Waals surface area contributed by atoms with E-state index in [-0.39, 0.29) is 6.03 Å². The molecule has 8 heteroatoms. The molecule has 130 valence electrons. The second-order valence-corrected chi connectivity index (χ2v) is 6.05. The van der Waals surface area contributed by atoms with Crippen molar-refractivity contribution >= 4 is 17.4 Å². The minimum Gasteiger partial charge on any atom is -0.331 e. The quantitative estimate of drug-likeness (QED) is 0.596. The molecule has 0 saturated heterocycles. The second-order valence-electron chi connectivity index (χ2n) is 6.05. The first kappa shape index (κ1) is 15.8. The van der Waals surface area contributed by atoms with Crippen molar-refractivity contribution in [1.82, 2.24) is 29.7 Å². The summed E-state index contributed by atoms with van der Waals surface area (Å²) in [4.78, 5) is 17.8. The van der Waals surface area contributed by atoms with Crippen molar-refractivity contribution in [3.05, 3.63) is 55.1 Å². The Morgan fingerprint density at radius 2 is 2.00 bits per heavy atom. The Labute approximate surface area is 149 Å². The van der Waals surface area contributed by atoms with Crippen LogP contribution in [-0.2, 0) is 0 Å². The summed E-state index contributed by atoms with van der Waals surface area (Å²) in [5.41, 5.74) is 5.11. The van der Waals surface area contributed by atoms with Crippen LogP contribution in [0.3, 0.4) is 0 Å². The van der Waals surface area contributed by atoms with Gasteiger partial charge in [-0.1, -0.05) is 12.1 Å². The topological polar surface area (TPSA) is 91.2 Å². The molecule has 0 aliphatic rings. The predicted molar refractivity (Wildman–Crippen MR) is 98.7 cm³/mol. The molecule has 2 amide bonds. The minimum absolute atomic E-state index is 0.178. The fourth-order valence-corrected chi connectivity index (χ4v) is 2.63. The molecule has 0 unspecified atom stereocenters. The van der Waals surface area contributed by atoms with Gasteiger partial charge in [-0.3, -0.25) is 5.10 Å². The van der Waals surface area contributed by atoms with Crippen molar-refractivity contribution in [2.24, 2.45) is 0 Å². The molecule has 26 heavy (non-hydrogen) atoms. The van der Waals surface area contributed by atoms with E-state index in [0.717, 1.165) is 28.0 Å². The molecule has 1 aromatic carbocycles. The van der Waals surface area contributed by atoms with E-state index in [1.54, 1.807) is 37.2 Å². The number of hydrogen-bond donors (Lipinski definition) is 2. The lowest BCUT2D eigenvalue weighted by molar-refractivity contribution is 0.230. The van der Waals surface area contributed by atoms with E-state index < -0.39 is 0 Å². The Kier molecular flexibility index (Phi) is 3.85. The van der Waals surface area contributed by atoms with Crippen molar-refractivity contribution in [2.75, 3.05) is 19.4 Å². The molecule has 4 rings (SSSR count). The van der Waals surface area contributed by atoms with Crippen molar-refractivity contribution in [3.8, 4) is 22.4 Å². The first-order valence-electron chi connectivity index (χ1n) is 8.03. The SMILES string of the molecule is CN(C)C(=O)Nc1cccc(-c2cnc3cc(-c4cn[nH]c4)cnn23)c1. The number of nitrogens with zero attached hydrogens (tertiary/aromatic N) is 5. The predicted octanol–water partition coefficient (Wildman–Crippen LogP) is 2.88. The van der Waals surface area contributed by atoms with Crippen molar-refractivity contribution < 1.29 is 4.79 Å². The number of carbonyl (C=O) groups is 1. The lowest BCUT2D eigenvalue weighted by atomic mass is 10.1. The van der Waals surface area contributed by atoms with Crippen LogP contribution in [-0.4, -0.2) is 49.8 Å². The van der Waals surface area contributed by atoms with Gasteiger partial charge < -0.3 is 10.2 Å².